The normalized spacial score (nSPS) is 12.3. The number of carboxylic acids is 1. The minimum atomic E-state index is -0.872. The summed E-state index contributed by atoms with van der Waals surface area (Å²) in [6.45, 7) is 5.04. The number of rotatable bonds is 1. The number of hydrogen-bond acceptors (Lipinski definition) is 3. The second kappa shape index (κ2) is 4.41. The molecule has 0 aliphatic carbocycles. The maximum absolute atomic E-state index is 10.4. The van der Waals surface area contributed by atoms with Crippen molar-refractivity contribution in [3.05, 3.63) is 47.7 Å². The number of aryl methyl sites for hydroxylation is 1. The van der Waals surface area contributed by atoms with Crippen LogP contribution in [0.3, 0.4) is 0 Å². The SMILES string of the molecule is C=C1OC1=O.Cc1cccc(C(=O)O)c1. The van der Waals surface area contributed by atoms with E-state index in [1.165, 1.54) is 0 Å². The number of hydrogen-bond donors (Lipinski definition) is 1. The summed E-state index contributed by atoms with van der Waals surface area (Å²) in [5.41, 5.74) is 1.32. The summed E-state index contributed by atoms with van der Waals surface area (Å²) in [7, 11) is 0. The summed E-state index contributed by atoms with van der Waals surface area (Å²) in [5.74, 6) is -0.862. The molecule has 0 bridgehead atoms. The van der Waals surface area contributed by atoms with E-state index >= 15 is 0 Å². The molecule has 4 nitrogen and oxygen atoms in total. The van der Waals surface area contributed by atoms with E-state index in [4.69, 9.17) is 5.11 Å². The molecule has 0 unspecified atom stereocenters. The van der Waals surface area contributed by atoms with E-state index in [0.29, 0.717) is 5.56 Å². The number of carbonyl (C=O) groups excluding carboxylic acids is 1. The Morgan fingerprint density at radius 1 is 1.47 bits per heavy atom. The average molecular weight is 206 g/mol. The van der Waals surface area contributed by atoms with Gasteiger partial charge < -0.3 is 9.84 Å². The Hall–Kier alpha value is -2.10. The first-order valence-corrected chi connectivity index (χ1v) is 4.22. The van der Waals surface area contributed by atoms with Crippen LogP contribution in [0.2, 0.25) is 0 Å². The summed E-state index contributed by atoms with van der Waals surface area (Å²) in [5, 5.41) is 8.51. The van der Waals surface area contributed by atoms with E-state index in [9.17, 15) is 9.59 Å². The van der Waals surface area contributed by atoms with Gasteiger partial charge in [0.05, 0.1) is 5.56 Å². The lowest BCUT2D eigenvalue weighted by Crippen LogP contribution is -1.95. The molecule has 1 aliphatic heterocycles. The van der Waals surface area contributed by atoms with Gasteiger partial charge in [-0.3, -0.25) is 0 Å². The molecular weight excluding hydrogens is 196 g/mol. The minimum absolute atomic E-state index is 0.273. The summed E-state index contributed by atoms with van der Waals surface area (Å²) in [4.78, 5) is 19.9. The highest BCUT2D eigenvalue weighted by Crippen LogP contribution is 2.11. The number of carbonyl (C=O) groups is 2. The molecule has 1 saturated heterocycles. The molecule has 0 radical (unpaired) electrons. The first kappa shape index (κ1) is 11.0. The lowest BCUT2D eigenvalue weighted by atomic mass is 10.1. The molecule has 0 atom stereocenters. The van der Waals surface area contributed by atoms with Crippen LogP contribution in [0.25, 0.3) is 0 Å². The fraction of sp³-hybridized carbons (Fsp3) is 0.0909. The van der Waals surface area contributed by atoms with Crippen LogP contribution in [0.15, 0.2) is 36.6 Å². The Labute approximate surface area is 86.8 Å². The lowest BCUT2D eigenvalue weighted by molar-refractivity contribution is -0.117. The molecule has 2 rings (SSSR count). The van der Waals surface area contributed by atoms with E-state index in [1.54, 1.807) is 18.2 Å². The second-order valence-corrected chi connectivity index (χ2v) is 2.99. The van der Waals surface area contributed by atoms with E-state index in [0.717, 1.165) is 5.56 Å². The molecule has 78 valence electrons. The van der Waals surface area contributed by atoms with Crippen LogP contribution in [0.1, 0.15) is 15.9 Å². The van der Waals surface area contributed by atoms with E-state index in [2.05, 4.69) is 11.3 Å². The fourth-order valence-electron chi connectivity index (χ4n) is 0.864. The first-order valence-electron chi connectivity index (χ1n) is 4.22. The minimum Gasteiger partial charge on any atom is -0.478 e. The summed E-state index contributed by atoms with van der Waals surface area (Å²) in [6, 6.07) is 6.82. The highest BCUT2D eigenvalue weighted by molar-refractivity contribution is 5.99. The van der Waals surface area contributed by atoms with Crippen LogP contribution in [-0.2, 0) is 9.53 Å². The zero-order valence-electron chi connectivity index (χ0n) is 8.19. The first-order chi connectivity index (χ1) is 7.00. The molecule has 1 aromatic rings. The molecule has 1 aromatic carbocycles. The fourth-order valence-corrected chi connectivity index (χ4v) is 0.864. The second-order valence-electron chi connectivity index (χ2n) is 2.99. The maximum Gasteiger partial charge on any atom is 0.379 e. The van der Waals surface area contributed by atoms with Gasteiger partial charge in [0.25, 0.3) is 0 Å². The number of ether oxygens (including phenoxy) is 1. The van der Waals surface area contributed by atoms with Crippen molar-refractivity contribution in [2.45, 2.75) is 6.92 Å². The van der Waals surface area contributed by atoms with Gasteiger partial charge >= 0.3 is 11.9 Å². The molecule has 0 aromatic heterocycles. The molecule has 15 heavy (non-hydrogen) atoms. The van der Waals surface area contributed by atoms with E-state index in [1.807, 2.05) is 13.0 Å². The Balaban J connectivity index is 0.000000187. The van der Waals surface area contributed by atoms with Gasteiger partial charge in [-0.25, -0.2) is 9.59 Å². The molecule has 0 spiro atoms. The van der Waals surface area contributed by atoms with Crippen LogP contribution in [0, 0.1) is 6.92 Å². The Bertz CT molecular complexity index is 408. The van der Waals surface area contributed by atoms with Crippen molar-refractivity contribution in [1.82, 2.24) is 0 Å². The smallest absolute Gasteiger partial charge is 0.379 e. The molecule has 0 amide bonds. The molecule has 1 fully saturated rings. The van der Waals surface area contributed by atoms with Gasteiger partial charge in [0.15, 0.2) is 0 Å². The third-order valence-electron chi connectivity index (χ3n) is 1.67. The quantitative estimate of drug-likeness (QED) is 0.561. The standard InChI is InChI=1S/C8H8O2.C3H2O2/c1-6-3-2-4-7(5-6)8(9)10;1-2-3(4)5-2/h2-5H,1H3,(H,9,10);1H2. The zero-order valence-corrected chi connectivity index (χ0v) is 8.19. The van der Waals surface area contributed by atoms with E-state index < -0.39 is 5.97 Å². The van der Waals surface area contributed by atoms with Crippen molar-refractivity contribution >= 4 is 11.9 Å². The topological polar surface area (TPSA) is 66.9 Å². The summed E-state index contributed by atoms with van der Waals surface area (Å²) in [6.07, 6.45) is 0. The van der Waals surface area contributed by atoms with Gasteiger partial charge in [-0.2, -0.15) is 0 Å². The third kappa shape index (κ3) is 3.64. The summed E-state index contributed by atoms with van der Waals surface area (Å²) >= 11 is 0. The van der Waals surface area contributed by atoms with Crippen molar-refractivity contribution in [2.24, 2.45) is 0 Å². The van der Waals surface area contributed by atoms with Crippen molar-refractivity contribution in [1.29, 1.82) is 0 Å². The van der Waals surface area contributed by atoms with Crippen LogP contribution < -0.4 is 0 Å². The Morgan fingerprint density at radius 3 is 2.27 bits per heavy atom. The molecule has 0 saturated carbocycles. The predicted octanol–water partition coefficient (Wildman–Crippen LogP) is 1.75. The maximum atomic E-state index is 10.4. The van der Waals surface area contributed by atoms with Gasteiger partial charge in [0.1, 0.15) is 0 Å². The predicted molar refractivity (Wildman–Crippen MR) is 53.4 cm³/mol. The van der Waals surface area contributed by atoms with Crippen molar-refractivity contribution in [2.75, 3.05) is 0 Å². The molecular formula is C11H10O4. The monoisotopic (exact) mass is 206 g/mol. The van der Waals surface area contributed by atoms with Crippen molar-refractivity contribution in [3.8, 4) is 0 Å². The third-order valence-corrected chi connectivity index (χ3v) is 1.67. The molecule has 4 heteroatoms. The number of carboxylic acid groups (broad SMARTS) is 1. The van der Waals surface area contributed by atoms with Crippen molar-refractivity contribution < 1.29 is 19.4 Å². The average Bonchev–Trinajstić information content (AvgIpc) is 2.80. The number of benzene rings is 1. The molecule has 1 heterocycles. The summed E-state index contributed by atoms with van der Waals surface area (Å²) < 4.78 is 4.08. The Morgan fingerprint density at radius 2 is 2.00 bits per heavy atom. The van der Waals surface area contributed by atoms with Gasteiger partial charge in [-0.15, -0.1) is 0 Å². The number of epoxide rings is 1. The van der Waals surface area contributed by atoms with Gasteiger partial charge in [-0.1, -0.05) is 17.7 Å². The lowest BCUT2D eigenvalue weighted by Gasteiger charge is -1.93. The van der Waals surface area contributed by atoms with E-state index in [-0.39, 0.29) is 11.7 Å². The molecule has 1 aliphatic rings. The molecule has 1 N–H and O–H groups in total. The van der Waals surface area contributed by atoms with Crippen LogP contribution in [-0.4, -0.2) is 17.0 Å². The largest absolute Gasteiger partial charge is 0.478 e. The van der Waals surface area contributed by atoms with Crippen LogP contribution >= 0.6 is 0 Å². The highest BCUT2D eigenvalue weighted by Gasteiger charge is 2.26. The van der Waals surface area contributed by atoms with Crippen LogP contribution in [0.5, 0.6) is 0 Å². The van der Waals surface area contributed by atoms with Gasteiger partial charge in [0.2, 0.25) is 5.76 Å². The van der Waals surface area contributed by atoms with Gasteiger partial charge in [0, 0.05) is 0 Å². The van der Waals surface area contributed by atoms with Crippen LogP contribution in [0.4, 0.5) is 0 Å². The zero-order chi connectivity index (χ0) is 11.4. The number of cyclic esters (lactones) is 1. The Kier molecular flexibility index (Phi) is 3.23. The van der Waals surface area contributed by atoms with Crippen molar-refractivity contribution in [3.63, 3.8) is 0 Å². The van der Waals surface area contributed by atoms with Gasteiger partial charge in [-0.05, 0) is 25.6 Å². The number of aromatic carboxylic acids is 1. The highest BCUT2D eigenvalue weighted by atomic mass is 16.6.